The molecule has 0 fully saturated rings. The van der Waals surface area contributed by atoms with Gasteiger partial charge in [0.05, 0.1) is 36.3 Å². The zero-order valence-electron chi connectivity index (χ0n) is 19.7. The number of carbonyl (C=O) groups is 1. The van der Waals surface area contributed by atoms with Gasteiger partial charge in [0.25, 0.3) is 5.91 Å². The third-order valence-electron chi connectivity index (χ3n) is 5.69. The van der Waals surface area contributed by atoms with Crippen LogP contribution in [0, 0.1) is 5.82 Å². The maximum Gasteiger partial charge on any atom is 0.253 e. The summed E-state index contributed by atoms with van der Waals surface area (Å²) in [6.45, 7) is 2.28. The van der Waals surface area contributed by atoms with E-state index in [0.717, 1.165) is 5.69 Å². The number of anilines is 5. The summed E-state index contributed by atoms with van der Waals surface area (Å²) in [6.07, 6.45) is 1.35. The molecule has 5 N–H and O–H groups in total. The number of carbonyl (C=O) groups excluding carboxylic acids is 1. The lowest BCUT2D eigenvalue weighted by atomic mass is 10.1. The molecule has 0 aliphatic carbocycles. The van der Waals surface area contributed by atoms with Crippen molar-refractivity contribution in [1.29, 1.82) is 0 Å². The maximum absolute atomic E-state index is 14.6. The summed E-state index contributed by atoms with van der Waals surface area (Å²) in [5.74, 6) is -0.348. The molecule has 1 aliphatic rings. The third kappa shape index (κ3) is 5.27. The summed E-state index contributed by atoms with van der Waals surface area (Å²) in [6, 6.07) is 9.48. The van der Waals surface area contributed by atoms with Crippen molar-refractivity contribution in [3.05, 3.63) is 59.0 Å². The van der Waals surface area contributed by atoms with Gasteiger partial charge in [0.15, 0.2) is 5.82 Å². The van der Waals surface area contributed by atoms with Crippen LogP contribution in [0.1, 0.15) is 17.3 Å². The highest BCUT2D eigenvalue weighted by Gasteiger charge is 2.34. The minimum atomic E-state index is -1.39. The van der Waals surface area contributed by atoms with E-state index in [1.54, 1.807) is 12.1 Å². The van der Waals surface area contributed by atoms with Crippen molar-refractivity contribution in [2.75, 3.05) is 48.9 Å². The molecule has 12 heteroatoms. The number of aliphatic hydroxyl groups is 2. The molecule has 3 aromatic rings. The zero-order valence-corrected chi connectivity index (χ0v) is 20.4. The van der Waals surface area contributed by atoms with E-state index < -0.39 is 23.9 Å². The van der Waals surface area contributed by atoms with E-state index in [2.05, 4.69) is 25.9 Å². The second-order valence-electron chi connectivity index (χ2n) is 8.25. The van der Waals surface area contributed by atoms with Crippen LogP contribution in [0.2, 0.25) is 5.02 Å². The molecule has 0 bridgehead atoms. The van der Waals surface area contributed by atoms with Crippen LogP contribution in [-0.2, 0) is 0 Å². The van der Waals surface area contributed by atoms with Crippen molar-refractivity contribution in [1.82, 2.24) is 15.3 Å². The monoisotopic (exact) mass is 516 g/mol. The van der Waals surface area contributed by atoms with Crippen molar-refractivity contribution in [3.8, 4) is 5.75 Å². The Morgan fingerprint density at radius 2 is 2.11 bits per heavy atom. The molecule has 0 saturated heterocycles. The third-order valence-corrected chi connectivity index (χ3v) is 5.96. The standard InChI is InChI=1S/C24H26ClFN6O4/c1-3-32-11-24(35,12-33)13-36-19-9-14(7-8-18(19)32)29-23-28-10-16(25)21(31-23)30-20-15(22(34)27-2)5-4-6-17(20)26/h4-10,33,35H,3,11-13H2,1-2H3,(H,27,34)(H2,28,29,30,31). The van der Waals surface area contributed by atoms with Crippen molar-refractivity contribution >= 4 is 46.3 Å². The minimum absolute atomic E-state index is 0.0712. The molecule has 1 unspecified atom stereocenters. The smallest absolute Gasteiger partial charge is 0.253 e. The number of amides is 1. The summed E-state index contributed by atoms with van der Waals surface area (Å²) in [5.41, 5.74) is -0.00812. The van der Waals surface area contributed by atoms with Gasteiger partial charge in [-0.05, 0) is 31.2 Å². The Labute approximate surface area is 212 Å². The summed E-state index contributed by atoms with van der Waals surface area (Å²) in [4.78, 5) is 22.6. The minimum Gasteiger partial charge on any atom is -0.488 e. The lowest BCUT2D eigenvalue weighted by molar-refractivity contribution is -0.0374. The molecule has 2 aromatic carbocycles. The van der Waals surface area contributed by atoms with E-state index in [-0.39, 0.29) is 41.2 Å². The number of rotatable bonds is 7. The zero-order chi connectivity index (χ0) is 25.9. The van der Waals surface area contributed by atoms with E-state index >= 15 is 0 Å². The van der Waals surface area contributed by atoms with Crippen LogP contribution < -0.4 is 25.6 Å². The first kappa shape index (κ1) is 25.4. The van der Waals surface area contributed by atoms with Gasteiger partial charge in [0.1, 0.15) is 28.8 Å². The van der Waals surface area contributed by atoms with Crippen LogP contribution in [0.5, 0.6) is 5.75 Å². The number of nitrogens with one attached hydrogen (secondary N) is 3. The van der Waals surface area contributed by atoms with Crippen LogP contribution in [0.3, 0.4) is 0 Å². The summed E-state index contributed by atoms with van der Waals surface area (Å²) < 4.78 is 20.4. The first-order valence-electron chi connectivity index (χ1n) is 11.2. The molecule has 1 atom stereocenters. The van der Waals surface area contributed by atoms with Crippen LogP contribution in [0.4, 0.5) is 33.2 Å². The van der Waals surface area contributed by atoms with Gasteiger partial charge >= 0.3 is 0 Å². The second-order valence-corrected chi connectivity index (χ2v) is 8.66. The molecule has 1 aliphatic heterocycles. The molecular formula is C24H26ClFN6O4. The molecule has 10 nitrogen and oxygen atoms in total. The molecule has 0 radical (unpaired) electrons. The molecule has 4 rings (SSSR count). The topological polar surface area (TPSA) is 132 Å². The maximum atomic E-state index is 14.6. The average molecular weight is 517 g/mol. The number of benzene rings is 2. The SMILES string of the molecule is CCN1CC(O)(CO)COc2cc(Nc3ncc(Cl)c(Nc4c(F)cccc4C(=O)NC)n3)ccc21. The van der Waals surface area contributed by atoms with Gasteiger partial charge in [0.2, 0.25) is 5.95 Å². The van der Waals surface area contributed by atoms with Crippen molar-refractivity contribution in [2.45, 2.75) is 12.5 Å². The first-order valence-corrected chi connectivity index (χ1v) is 11.6. The van der Waals surface area contributed by atoms with Crippen LogP contribution in [0.15, 0.2) is 42.6 Å². The number of fused-ring (bicyclic) bond motifs is 1. The van der Waals surface area contributed by atoms with Gasteiger partial charge in [-0.2, -0.15) is 4.98 Å². The van der Waals surface area contributed by atoms with E-state index in [9.17, 15) is 19.4 Å². The van der Waals surface area contributed by atoms with E-state index in [4.69, 9.17) is 16.3 Å². The fraction of sp³-hybridized carbons (Fsp3) is 0.292. The lowest BCUT2D eigenvalue weighted by Gasteiger charge is -2.29. The molecule has 36 heavy (non-hydrogen) atoms. The largest absolute Gasteiger partial charge is 0.488 e. The number of aromatic nitrogens is 2. The summed E-state index contributed by atoms with van der Waals surface area (Å²) in [5, 5.41) is 28.6. The number of halogens is 2. The number of β-amino-alcohol motifs (C(OH)–C–C–N with tert-alkyl or cyclic N) is 1. The number of ether oxygens (including phenoxy) is 1. The lowest BCUT2D eigenvalue weighted by Crippen LogP contribution is -2.48. The Kier molecular flexibility index (Phi) is 7.43. The van der Waals surface area contributed by atoms with Crippen molar-refractivity contribution in [2.24, 2.45) is 0 Å². The van der Waals surface area contributed by atoms with Crippen molar-refractivity contribution < 1.29 is 24.1 Å². The first-order chi connectivity index (χ1) is 17.3. The highest BCUT2D eigenvalue weighted by Crippen LogP contribution is 2.36. The van der Waals surface area contributed by atoms with Gasteiger partial charge in [-0.3, -0.25) is 4.79 Å². The predicted molar refractivity (Wildman–Crippen MR) is 135 cm³/mol. The van der Waals surface area contributed by atoms with Gasteiger partial charge in [-0.15, -0.1) is 0 Å². The Hall–Kier alpha value is -3.67. The predicted octanol–water partition coefficient (Wildman–Crippen LogP) is 3.06. The number of nitrogens with zero attached hydrogens (tertiary/aromatic N) is 3. The molecule has 1 amide bonds. The number of para-hydroxylation sites is 1. The molecular weight excluding hydrogens is 491 g/mol. The highest BCUT2D eigenvalue weighted by molar-refractivity contribution is 6.33. The van der Waals surface area contributed by atoms with Gasteiger partial charge in [-0.25, -0.2) is 9.37 Å². The quantitative estimate of drug-likeness (QED) is 0.321. The summed E-state index contributed by atoms with van der Waals surface area (Å²) >= 11 is 6.24. The Balaban J connectivity index is 1.60. The number of aliphatic hydroxyl groups excluding tert-OH is 1. The Bertz CT molecular complexity index is 1280. The fourth-order valence-electron chi connectivity index (χ4n) is 3.78. The molecule has 1 aromatic heterocycles. The molecule has 0 spiro atoms. The normalized spacial score (nSPS) is 17.0. The van der Waals surface area contributed by atoms with E-state index in [0.29, 0.717) is 18.0 Å². The van der Waals surface area contributed by atoms with Crippen LogP contribution in [0.25, 0.3) is 0 Å². The van der Waals surface area contributed by atoms with Crippen molar-refractivity contribution in [3.63, 3.8) is 0 Å². The average Bonchev–Trinajstić information content (AvgIpc) is 3.03. The molecule has 190 valence electrons. The number of hydrogen-bond donors (Lipinski definition) is 5. The van der Waals surface area contributed by atoms with E-state index in [1.807, 2.05) is 17.9 Å². The second kappa shape index (κ2) is 10.5. The highest BCUT2D eigenvalue weighted by atomic mass is 35.5. The molecule has 2 heterocycles. The van der Waals surface area contributed by atoms with Crippen LogP contribution >= 0.6 is 11.6 Å². The van der Waals surface area contributed by atoms with Crippen LogP contribution in [-0.4, -0.2) is 65.0 Å². The Morgan fingerprint density at radius 3 is 2.83 bits per heavy atom. The fourth-order valence-corrected chi connectivity index (χ4v) is 3.92. The van der Waals surface area contributed by atoms with Gasteiger partial charge in [0, 0.05) is 25.3 Å². The molecule has 0 saturated carbocycles. The van der Waals surface area contributed by atoms with Gasteiger partial charge in [-0.1, -0.05) is 17.7 Å². The Morgan fingerprint density at radius 1 is 1.31 bits per heavy atom. The van der Waals surface area contributed by atoms with Gasteiger partial charge < -0.3 is 35.8 Å². The summed E-state index contributed by atoms with van der Waals surface area (Å²) in [7, 11) is 1.45. The van der Waals surface area contributed by atoms with E-state index in [1.165, 1.54) is 31.4 Å². The number of hydrogen-bond acceptors (Lipinski definition) is 9. The number of likely N-dealkylation sites (N-methyl/N-ethyl adjacent to an activating group) is 1.